The standard InChI is InChI=1S/C26H24FN3O3S/c1-15-10-25(34(3)32)21(27)13-20(15)26(31)30-8-9-33-24-7-5-17(11-19(24)14-30)18-4-6-22-23(12-18)29-16(2)28-22/h4-7,10-13H,8-9,14H2,1-3H3,(H,28,29). The monoisotopic (exact) mass is 477 g/mol. The topological polar surface area (TPSA) is 75.3 Å². The largest absolute Gasteiger partial charge is 0.491 e. The Morgan fingerprint density at radius 1 is 1.12 bits per heavy atom. The number of aromatic nitrogens is 2. The second-order valence-corrected chi connectivity index (χ2v) is 9.85. The molecule has 3 aromatic carbocycles. The second-order valence-electron chi connectivity index (χ2n) is 8.50. The van der Waals surface area contributed by atoms with E-state index in [1.54, 1.807) is 11.8 Å². The summed E-state index contributed by atoms with van der Waals surface area (Å²) in [6.07, 6.45) is 1.42. The molecule has 0 saturated carbocycles. The Morgan fingerprint density at radius 2 is 1.88 bits per heavy atom. The highest BCUT2D eigenvalue weighted by Gasteiger charge is 2.24. The van der Waals surface area contributed by atoms with Gasteiger partial charge in [-0.15, -0.1) is 0 Å². The number of aryl methyl sites for hydroxylation is 2. The molecule has 0 radical (unpaired) electrons. The first-order valence-corrected chi connectivity index (χ1v) is 12.5. The van der Waals surface area contributed by atoms with Crippen LogP contribution in [0.3, 0.4) is 0 Å². The summed E-state index contributed by atoms with van der Waals surface area (Å²) in [5.74, 6) is 0.688. The zero-order chi connectivity index (χ0) is 24.0. The Hall–Kier alpha value is -3.52. The maximum atomic E-state index is 14.5. The lowest BCUT2D eigenvalue weighted by Crippen LogP contribution is -2.33. The summed E-state index contributed by atoms with van der Waals surface area (Å²) in [5.41, 5.74) is 5.66. The van der Waals surface area contributed by atoms with Gasteiger partial charge in [-0.25, -0.2) is 9.37 Å². The highest BCUT2D eigenvalue weighted by molar-refractivity contribution is 7.84. The van der Waals surface area contributed by atoms with Gasteiger partial charge in [0.05, 0.1) is 33.3 Å². The quantitative estimate of drug-likeness (QED) is 0.462. The van der Waals surface area contributed by atoms with Crippen molar-refractivity contribution in [1.82, 2.24) is 14.9 Å². The van der Waals surface area contributed by atoms with Gasteiger partial charge in [-0.2, -0.15) is 0 Å². The van der Waals surface area contributed by atoms with E-state index in [1.807, 2.05) is 37.3 Å². The number of carbonyl (C=O) groups excluding carboxylic acids is 1. The van der Waals surface area contributed by atoms with E-state index in [9.17, 15) is 13.4 Å². The van der Waals surface area contributed by atoms with Crippen molar-refractivity contribution in [3.05, 3.63) is 76.9 Å². The molecule has 1 unspecified atom stereocenters. The molecule has 1 aromatic heterocycles. The van der Waals surface area contributed by atoms with Gasteiger partial charge in [0.15, 0.2) is 0 Å². The summed E-state index contributed by atoms with van der Waals surface area (Å²) in [7, 11) is -1.46. The fourth-order valence-electron chi connectivity index (χ4n) is 4.34. The normalized spacial score (nSPS) is 14.4. The molecule has 5 rings (SSSR count). The molecule has 0 saturated heterocycles. The first-order valence-electron chi connectivity index (χ1n) is 11.0. The maximum absolute atomic E-state index is 14.5. The van der Waals surface area contributed by atoms with Gasteiger partial charge in [0.1, 0.15) is 24.0 Å². The van der Waals surface area contributed by atoms with Crippen LogP contribution < -0.4 is 4.74 Å². The predicted molar refractivity (Wildman–Crippen MR) is 130 cm³/mol. The van der Waals surface area contributed by atoms with Gasteiger partial charge in [-0.1, -0.05) is 12.1 Å². The Labute approximate surface area is 199 Å². The van der Waals surface area contributed by atoms with E-state index in [1.165, 1.54) is 18.4 Å². The third-order valence-corrected chi connectivity index (χ3v) is 7.01. The number of carbonyl (C=O) groups is 1. The van der Waals surface area contributed by atoms with Gasteiger partial charge >= 0.3 is 0 Å². The number of aromatic amines is 1. The lowest BCUT2D eigenvalue weighted by molar-refractivity contribution is 0.0732. The van der Waals surface area contributed by atoms with Crippen LogP contribution in [0, 0.1) is 19.7 Å². The molecule has 6 nitrogen and oxygen atoms in total. The first-order chi connectivity index (χ1) is 16.3. The number of rotatable bonds is 3. The molecule has 0 aliphatic carbocycles. The molecule has 0 fully saturated rings. The minimum atomic E-state index is -1.46. The molecule has 1 N–H and O–H groups in total. The molecular formula is C26H24FN3O3S. The Morgan fingerprint density at radius 3 is 2.68 bits per heavy atom. The SMILES string of the molecule is Cc1nc2ccc(-c3ccc4c(c3)CN(C(=O)c3cc(F)c(S(C)=O)cc3C)CCO4)cc2[nH]1. The molecule has 174 valence electrons. The number of H-pyrrole nitrogens is 1. The molecule has 0 spiro atoms. The van der Waals surface area contributed by atoms with E-state index in [2.05, 4.69) is 16.0 Å². The highest BCUT2D eigenvalue weighted by Crippen LogP contribution is 2.31. The van der Waals surface area contributed by atoms with E-state index in [0.717, 1.165) is 39.3 Å². The van der Waals surface area contributed by atoms with Gasteiger partial charge in [0.25, 0.3) is 5.91 Å². The van der Waals surface area contributed by atoms with Gasteiger partial charge in [0.2, 0.25) is 0 Å². The van der Waals surface area contributed by atoms with Crippen molar-refractivity contribution >= 4 is 27.7 Å². The van der Waals surface area contributed by atoms with Crippen LogP contribution in [0.4, 0.5) is 4.39 Å². The fourth-order valence-corrected chi connectivity index (χ4v) is 5.02. The molecule has 4 aromatic rings. The molecular weight excluding hydrogens is 453 g/mol. The van der Waals surface area contributed by atoms with Crippen LogP contribution in [0.2, 0.25) is 0 Å². The molecule has 1 amide bonds. The molecule has 1 aliphatic heterocycles. The Bertz CT molecular complexity index is 1460. The van der Waals surface area contributed by atoms with Crippen LogP contribution in [-0.4, -0.2) is 44.4 Å². The third kappa shape index (κ3) is 4.09. The molecule has 0 bridgehead atoms. The number of hydrogen-bond acceptors (Lipinski definition) is 4. The van der Waals surface area contributed by atoms with Crippen LogP contribution in [0.5, 0.6) is 5.75 Å². The van der Waals surface area contributed by atoms with Crippen LogP contribution in [0.1, 0.15) is 27.3 Å². The number of nitrogens with zero attached hydrogens (tertiary/aromatic N) is 2. The van der Waals surface area contributed by atoms with Crippen molar-refractivity contribution in [2.24, 2.45) is 0 Å². The van der Waals surface area contributed by atoms with Crippen LogP contribution in [-0.2, 0) is 17.3 Å². The number of benzene rings is 3. The summed E-state index contributed by atoms with van der Waals surface area (Å²) < 4.78 is 32.2. The van der Waals surface area contributed by atoms with Crippen molar-refractivity contribution in [2.45, 2.75) is 25.3 Å². The highest BCUT2D eigenvalue weighted by atomic mass is 32.2. The molecule has 2 heterocycles. The number of nitrogens with one attached hydrogen (secondary N) is 1. The lowest BCUT2D eigenvalue weighted by atomic mass is 10.0. The summed E-state index contributed by atoms with van der Waals surface area (Å²) >= 11 is 0. The van der Waals surface area contributed by atoms with Gasteiger partial charge in [-0.05, 0) is 66.9 Å². The molecule has 1 atom stereocenters. The first kappa shape index (κ1) is 22.3. The second kappa shape index (κ2) is 8.68. The average molecular weight is 478 g/mol. The maximum Gasteiger partial charge on any atom is 0.254 e. The predicted octanol–water partition coefficient (Wildman–Crippen LogP) is 4.76. The third-order valence-electron chi connectivity index (χ3n) is 6.08. The van der Waals surface area contributed by atoms with E-state index < -0.39 is 16.6 Å². The minimum Gasteiger partial charge on any atom is -0.491 e. The van der Waals surface area contributed by atoms with Crippen LogP contribution in [0.25, 0.3) is 22.2 Å². The fraction of sp³-hybridized carbons (Fsp3) is 0.231. The number of hydrogen-bond donors (Lipinski definition) is 1. The van der Waals surface area contributed by atoms with E-state index in [-0.39, 0.29) is 16.4 Å². The zero-order valence-electron chi connectivity index (χ0n) is 19.1. The van der Waals surface area contributed by atoms with E-state index in [0.29, 0.717) is 25.3 Å². The average Bonchev–Trinajstić information content (AvgIpc) is 3.05. The van der Waals surface area contributed by atoms with E-state index >= 15 is 0 Å². The Kier molecular flexibility index (Phi) is 5.69. The van der Waals surface area contributed by atoms with Crippen LogP contribution >= 0.6 is 0 Å². The van der Waals surface area contributed by atoms with Gasteiger partial charge in [-0.3, -0.25) is 9.00 Å². The van der Waals surface area contributed by atoms with Crippen molar-refractivity contribution < 1.29 is 18.1 Å². The van der Waals surface area contributed by atoms with Crippen molar-refractivity contribution in [3.63, 3.8) is 0 Å². The number of ether oxygens (including phenoxy) is 1. The summed E-state index contributed by atoms with van der Waals surface area (Å²) in [5, 5.41) is 0. The number of fused-ring (bicyclic) bond motifs is 2. The summed E-state index contributed by atoms with van der Waals surface area (Å²) in [4.78, 5) is 22.8. The van der Waals surface area contributed by atoms with Gasteiger partial charge in [0, 0.05) is 23.9 Å². The van der Waals surface area contributed by atoms with Gasteiger partial charge < -0.3 is 14.6 Å². The molecule has 1 aliphatic rings. The van der Waals surface area contributed by atoms with Crippen molar-refractivity contribution in [1.29, 1.82) is 0 Å². The number of halogens is 1. The smallest absolute Gasteiger partial charge is 0.254 e. The number of amides is 1. The number of imidazole rings is 1. The lowest BCUT2D eigenvalue weighted by Gasteiger charge is -2.21. The molecule has 8 heteroatoms. The van der Waals surface area contributed by atoms with Crippen molar-refractivity contribution in [3.8, 4) is 16.9 Å². The summed E-state index contributed by atoms with van der Waals surface area (Å²) in [6.45, 7) is 4.72. The Balaban J connectivity index is 1.46. The summed E-state index contributed by atoms with van der Waals surface area (Å²) in [6, 6.07) is 14.7. The zero-order valence-corrected chi connectivity index (χ0v) is 20.0. The van der Waals surface area contributed by atoms with Crippen LogP contribution in [0.15, 0.2) is 53.4 Å². The van der Waals surface area contributed by atoms with E-state index in [4.69, 9.17) is 4.74 Å². The van der Waals surface area contributed by atoms with Crippen molar-refractivity contribution in [2.75, 3.05) is 19.4 Å². The minimum absolute atomic E-state index is 0.104. The molecule has 34 heavy (non-hydrogen) atoms.